The minimum Gasteiger partial charge on any atom is -0.374 e. The normalized spacial score (nSPS) is 12.5. The van der Waals surface area contributed by atoms with Gasteiger partial charge >= 0.3 is 0 Å². The highest BCUT2D eigenvalue weighted by atomic mass is 16.5. The monoisotopic (exact) mass is 179 g/mol. The van der Waals surface area contributed by atoms with E-state index in [1.54, 1.807) is 19.2 Å². The van der Waals surface area contributed by atoms with Crippen molar-refractivity contribution in [3.8, 4) is 0 Å². The van der Waals surface area contributed by atoms with Crippen molar-refractivity contribution in [2.75, 3.05) is 7.11 Å². The standard InChI is InChI=1S/C10H13NO2/c1-7-4-5-9(6-11-7)10(12)8(2)13-3/h4-6,8H,1-3H3. The molecule has 1 aromatic heterocycles. The smallest absolute Gasteiger partial charge is 0.192 e. The van der Waals surface area contributed by atoms with Crippen molar-refractivity contribution in [2.45, 2.75) is 20.0 Å². The van der Waals surface area contributed by atoms with Crippen LogP contribution in [-0.4, -0.2) is 24.0 Å². The van der Waals surface area contributed by atoms with Gasteiger partial charge in [0.25, 0.3) is 0 Å². The fourth-order valence-electron chi connectivity index (χ4n) is 0.955. The molecule has 0 aliphatic rings. The van der Waals surface area contributed by atoms with Crippen molar-refractivity contribution < 1.29 is 9.53 Å². The Morgan fingerprint density at radius 1 is 1.54 bits per heavy atom. The number of hydrogen-bond donors (Lipinski definition) is 0. The van der Waals surface area contributed by atoms with E-state index >= 15 is 0 Å². The van der Waals surface area contributed by atoms with Gasteiger partial charge in [-0.15, -0.1) is 0 Å². The second kappa shape index (κ2) is 4.14. The molecule has 3 heteroatoms. The summed E-state index contributed by atoms with van der Waals surface area (Å²) in [6.07, 6.45) is 1.18. The van der Waals surface area contributed by atoms with Gasteiger partial charge in [-0.05, 0) is 26.0 Å². The second-order valence-corrected chi connectivity index (χ2v) is 2.93. The first-order valence-corrected chi connectivity index (χ1v) is 4.15. The summed E-state index contributed by atoms with van der Waals surface area (Å²) in [5.41, 5.74) is 1.50. The Labute approximate surface area is 77.8 Å². The molecule has 0 radical (unpaired) electrons. The molecule has 1 unspecified atom stereocenters. The van der Waals surface area contributed by atoms with Crippen LogP contribution in [0.15, 0.2) is 18.3 Å². The zero-order chi connectivity index (χ0) is 9.84. The van der Waals surface area contributed by atoms with E-state index in [1.807, 2.05) is 13.0 Å². The number of carbonyl (C=O) groups excluding carboxylic acids is 1. The summed E-state index contributed by atoms with van der Waals surface area (Å²) >= 11 is 0. The van der Waals surface area contributed by atoms with Crippen molar-refractivity contribution in [1.82, 2.24) is 4.98 Å². The van der Waals surface area contributed by atoms with Crippen LogP contribution in [0.1, 0.15) is 23.0 Å². The van der Waals surface area contributed by atoms with E-state index in [0.717, 1.165) is 5.69 Å². The van der Waals surface area contributed by atoms with Crippen LogP contribution in [0.25, 0.3) is 0 Å². The Bertz CT molecular complexity index is 292. The Hall–Kier alpha value is -1.22. The molecule has 0 saturated heterocycles. The summed E-state index contributed by atoms with van der Waals surface area (Å²) in [5, 5.41) is 0. The Kier molecular flexibility index (Phi) is 3.14. The minimum absolute atomic E-state index is 0.0324. The van der Waals surface area contributed by atoms with Gasteiger partial charge in [-0.2, -0.15) is 0 Å². The molecule has 0 aromatic carbocycles. The van der Waals surface area contributed by atoms with Gasteiger partial charge in [0.05, 0.1) is 0 Å². The van der Waals surface area contributed by atoms with Crippen molar-refractivity contribution in [3.63, 3.8) is 0 Å². The van der Waals surface area contributed by atoms with Crippen molar-refractivity contribution in [1.29, 1.82) is 0 Å². The number of rotatable bonds is 3. The van der Waals surface area contributed by atoms with Gasteiger partial charge in [0, 0.05) is 24.6 Å². The molecule has 13 heavy (non-hydrogen) atoms. The van der Waals surface area contributed by atoms with Crippen LogP contribution < -0.4 is 0 Å². The zero-order valence-corrected chi connectivity index (χ0v) is 8.07. The number of ether oxygens (including phenoxy) is 1. The summed E-state index contributed by atoms with van der Waals surface area (Å²) < 4.78 is 4.92. The van der Waals surface area contributed by atoms with Gasteiger partial charge in [-0.1, -0.05) is 0 Å². The van der Waals surface area contributed by atoms with Crippen molar-refractivity contribution in [3.05, 3.63) is 29.6 Å². The molecule has 0 aliphatic heterocycles. The number of carbonyl (C=O) groups is 1. The molecular formula is C10H13NO2. The molecule has 0 bridgehead atoms. The quantitative estimate of drug-likeness (QED) is 0.662. The first-order valence-electron chi connectivity index (χ1n) is 4.15. The van der Waals surface area contributed by atoms with Gasteiger partial charge < -0.3 is 4.74 Å². The Morgan fingerprint density at radius 2 is 2.23 bits per heavy atom. The van der Waals surface area contributed by atoms with Crippen molar-refractivity contribution >= 4 is 5.78 Å². The lowest BCUT2D eigenvalue weighted by Gasteiger charge is -2.07. The van der Waals surface area contributed by atoms with E-state index in [0.29, 0.717) is 5.56 Å². The highest BCUT2D eigenvalue weighted by Crippen LogP contribution is 2.04. The third-order valence-corrected chi connectivity index (χ3v) is 1.92. The molecule has 70 valence electrons. The van der Waals surface area contributed by atoms with E-state index < -0.39 is 6.10 Å². The first-order chi connectivity index (χ1) is 6.15. The lowest BCUT2D eigenvalue weighted by molar-refractivity contribution is 0.0655. The van der Waals surface area contributed by atoms with E-state index in [2.05, 4.69) is 4.98 Å². The van der Waals surface area contributed by atoms with Gasteiger partial charge in [0.1, 0.15) is 6.10 Å². The van der Waals surface area contributed by atoms with Crippen LogP contribution >= 0.6 is 0 Å². The van der Waals surface area contributed by atoms with Gasteiger partial charge in [-0.25, -0.2) is 0 Å². The molecule has 0 fully saturated rings. The lowest BCUT2D eigenvalue weighted by atomic mass is 10.1. The van der Waals surface area contributed by atoms with Crippen LogP contribution in [0, 0.1) is 6.92 Å². The van der Waals surface area contributed by atoms with Gasteiger partial charge in [-0.3, -0.25) is 9.78 Å². The van der Waals surface area contributed by atoms with Crippen LogP contribution in [0.4, 0.5) is 0 Å². The summed E-state index contributed by atoms with van der Waals surface area (Å²) in [6.45, 7) is 3.61. The molecule has 1 aromatic rings. The molecule has 0 amide bonds. The fourth-order valence-corrected chi connectivity index (χ4v) is 0.955. The molecule has 0 aliphatic carbocycles. The molecule has 1 atom stereocenters. The average Bonchev–Trinajstić information content (AvgIpc) is 2.17. The highest BCUT2D eigenvalue weighted by molar-refractivity contribution is 5.98. The predicted molar refractivity (Wildman–Crippen MR) is 49.8 cm³/mol. The maximum absolute atomic E-state index is 11.5. The average molecular weight is 179 g/mol. The summed E-state index contributed by atoms with van der Waals surface area (Å²) in [7, 11) is 1.52. The maximum atomic E-state index is 11.5. The van der Waals surface area contributed by atoms with Crippen LogP contribution in [-0.2, 0) is 4.74 Å². The number of aromatic nitrogens is 1. The molecule has 3 nitrogen and oxygen atoms in total. The molecular weight excluding hydrogens is 166 g/mol. The number of nitrogens with zero attached hydrogens (tertiary/aromatic N) is 1. The SMILES string of the molecule is COC(C)C(=O)c1ccc(C)nc1. The Morgan fingerprint density at radius 3 is 2.69 bits per heavy atom. The number of pyridine rings is 1. The summed E-state index contributed by atoms with van der Waals surface area (Å²) in [5.74, 6) is -0.0324. The molecule has 0 N–H and O–H groups in total. The fraction of sp³-hybridized carbons (Fsp3) is 0.400. The predicted octanol–water partition coefficient (Wildman–Crippen LogP) is 1.61. The van der Waals surface area contributed by atoms with Gasteiger partial charge in [0.2, 0.25) is 0 Å². The first kappa shape index (κ1) is 9.86. The van der Waals surface area contributed by atoms with Crippen LogP contribution in [0.5, 0.6) is 0 Å². The van der Waals surface area contributed by atoms with Gasteiger partial charge in [0.15, 0.2) is 5.78 Å². The third-order valence-electron chi connectivity index (χ3n) is 1.92. The summed E-state index contributed by atoms with van der Waals surface area (Å²) in [6, 6.07) is 3.58. The largest absolute Gasteiger partial charge is 0.374 e. The topological polar surface area (TPSA) is 39.2 Å². The molecule has 1 heterocycles. The Balaban J connectivity index is 2.83. The van der Waals surface area contributed by atoms with Crippen LogP contribution in [0.3, 0.4) is 0 Å². The summed E-state index contributed by atoms with van der Waals surface area (Å²) in [4.78, 5) is 15.6. The third kappa shape index (κ3) is 2.36. The minimum atomic E-state index is -0.399. The van der Waals surface area contributed by atoms with Crippen molar-refractivity contribution in [2.24, 2.45) is 0 Å². The molecule has 1 rings (SSSR count). The number of aryl methyl sites for hydroxylation is 1. The lowest BCUT2D eigenvalue weighted by Crippen LogP contribution is -2.19. The number of hydrogen-bond acceptors (Lipinski definition) is 3. The zero-order valence-electron chi connectivity index (χ0n) is 8.07. The highest BCUT2D eigenvalue weighted by Gasteiger charge is 2.13. The van der Waals surface area contributed by atoms with E-state index in [1.165, 1.54) is 7.11 Å². The van der Waals surface area contributed by atoms with E-state index in [4.69, 9.17) is 4.74 Å². The second-order valence-electron chi connectivity index (χ2n) is 2.93. The number of ketones is 1. The molecule has 0 spiro atoms. The van der Waals surface area contributed by atoms with Crippen LogP contribution in [0.2, 0.25) is 0 Å². The van der Waals surface area contributed by atoms with E-state index in [9.17, 15) is 4.79 Å². The number of Topliss-reactive ketones (excluding diaryl/α,β-unsaturated/α-hetero) is 1. The number of methoxy groups -OCH3 is 1. The van der Waals surface area contributed by atoms with E-state index in [-0.39, 0.29) is 5.78 Å². The molecule has 0 saturated carbocycles. The maximum Gasteiger partial charge on any atom is 0.192 e.